The molecule has 0 aliphatic carbocycles. The number of benzene rings is 2. The number of likely N-dealkylation sites (tertiary alicyclic amines) is 2. The second-order valence-electron chi connectivity index (χ2n) is 9.16. The molecule has 0 saturated carbocycles. The molecule has 4 heteroatoms. The monoisotopic (exact) mass is 443 g/mol. The molecule has 5 rings (SSSR count). The quantitative estimate of drug-likeness (QED) is 0.473. The summed E-state index contributed by atoms with van der Waals surface area (Å²) in [6.07, 6.45) is 8.51. The van der Waals surface area contributed by atoms with Crippen molar-refractivity contribution in [1.82, 2.24) is 14.8 Å². The predicted octanol–water partition coefficient (Wildman–Crippen LogP) is 4.64. The van der Waals surface area contributed by atoms with E-state index in [0.717, 1.165) is 6.54 Å². The van der Waals surface area contributed by atoms with Gasteiger partial charge in [0.2, 0.25) is 0 Å². The van der Waals surface area contributed by atoms with Crippen LogP contribution in [0.5, 0.6) is 0 Å². The molecule has 2 aliphatic heterocycles. The summed E-state index contributed by atoms with van der Waals surface area (Å²) in [6, 6.07) is 30.1. The number of hydrogen-bond donors (Lipinski definition) is 0. The number of pyridine rings is 1. The van der Waals surface area contributed by atoms with Crippen molar-refractivity contribution >= 4 is 18.5 Å². The van der Waals surface area contributed by atoms with Crippen LogP contribution in [0, 0.1) is 0 Å². The lowest BCUT2D eigenvalue weighted by molar-refractivity contribution is 0.163. The van der Waals surface area contributed by atoms with Crippen molar-refractivity contribution in [2.75, 3.05) is 25.8 Å². The fourth-order valence-corrected chi connectivity index (χ4v) is 8.03. The van der Waals surface area contributed by atoms with Crippen LogP contribution in [0.25, 0.3) is 0 Å². The first kappa shape index (κ1) is 21.8. The molecule has 0 bridgehead atoms. The Hall–Kier alpha value is -2.06. The Labute approximate surface area is 194 Å². The average Bonchev–Trinajstić information content (AvgIpc) is 3.49. The Morgan fingerprint density at radius 3 is 2.00 bits per heavy atom. The highest BCUT2D eigenvalue weighted by Gasteiger charge is 2.33. The molecule has 0 N–H and O–H groups in total. The summed E-state index contributed by atoms with van der Waals surface area (Å²) in [5, 5.41) is 3.02. The summed E-state index contributed by atoms with van der Waals surface area (Å²) >= 11 is 0. The lowest BCUT2D eigenvalue weighted by atomic mass is 10.2. The Bertz CT molecular complexity index is 911. The lowest BCUT2D eigenvalue weighted by Crippen LogP contribution is -2.43. The summed E-state index contributed by atoms with van der Waals surface area (Å²) in [6.45, 7) is 4.67. The van der Waals surface area contributed by atoms with Crippen molar-refractivity contribution in [1.29, 1.82) is 0 Å². The van der Waals surface area contributed by atoms with Crippen molar-refractivity contribution < 1.29 is 0 Å². The molecule has 2 saturated heterocycles. The van der Waals surface area contributed by atoms with Crippen molar-refractivity contribution in [3.8, 4) is 0 Å². The molecular formula is C28H34N3P. The van der Waals surface area contributed by atoms with E-state index in [2.05, 4.69) is 87.6 Å². The number of hydrogen-bond acceptors (Lipinski definition) is 3. The minimum Gasteiger partial charge on any atom is -0.298 e. The van der Waals surface area contributed by atoms with E-state index in [1.807, 2.05) is 12.3 Å². The van der Waals surface area contributed by atoms with Crippen molar-refractivity contribution in [2.24, 2.45) is 0 Å². The van der Waals surface area contributed by atoms with Crippen LogP contribution in [0.4, 0.5) is 0 Å². The molecule has 1 aromatic heterocycles. The molecule has 0 amide bonds. The smallest absolute Gasteiger partial charge is 0.0544 e. The van der Waals surface area contributed by atoms with Crippen LogP contribution in [0.15, 0.2) is 85.1 Å². The van der Waals surface area contributed by atoms with Crippen LogP contribution >= 0.6 is 7.92 Å². The zero-order valence-electron chi connectivity index (χ0n) is 18.9. The van der Waals surface area contributed by atoms with Gasteiger partial charge in [-0.2, -0.15) is 0 Å². The van der Waals surface area contributed by atoms with Gasteiger partial charge in [-0.25, -0.2) is 0 Å². The Morgan fingerprint density at radius 2 is 1.34 bits per heavy atom. The third-order valence-electron chi connectivity index (χ3n) is 7.06. The van der Waals surface area contributed by atoms with Gasteiger partial charge in [-0.1, -0.05) is 66.7 Å². The maximum Gasteiger partial charge on any atom is 0.0544 e. The maximum absolute atomic E-state index is 4.58. The van der Waals surface area contributed by atoms with Crippen LogP contribution in [-0.2, 0) is 6.54 Å². The molecule has 32 heavy (non-hydrogen) atoms. The molecule has 3 aromatic rings. The number of aromatic nitrogens is 1. The van der Waals surface area contributed by atoms with E-state index in [0.29, 0.717) is 12.1 Å². The van der Waals surface area contributed by atoms with Gasteiger partial charge in [0.25, 0.3) is 0 Å². The molecule has 0 spiro atoms. The number of rotatable bonds is 8. The molecular weight excluding hydrogens is 409 g/mol. The minimum absolute atomic E-state index is 0.323. The van der Waals surface area contributed by atoms with Crippen LogP contribution in [0.3, 0.4) is 0 Å². The van der Waals surface area contributed by atoms with Gasteiger partial charge in [0, 0.05) is 31.4 Å². The summed E-state index contributed by atoms with van der Waals surface area (Å²) in [5.41, 5.74) is 1.20. The molecule has 2 unspecified atom stereocenters. The van der Waals surface area contributed by atoms with E-state index >= 15 is 0 Å². The fraction of sp³-hybridized carbons (Fsp3) is 0.393. The maximum atomic E-state index is 4.58. The van der Waals surface area contributed by atoms with Crippen LogP contribution < -0.4 is 10.6 Å². The second-order valence-corrected chi connectivity index (χ2v) is 11.4. The number of nitrogens with zero attached hydrogens (tertiary/aromatic N) is 3. The molecule has 3 heterocycles. The molecule has 3 nitrogen and oxygen atoms in total. The summed E-state index contributed by atoms with van der Waals surface area (Å²) in [5.74, 6) is 0. The molecule has 2 fully saturated rings. The van der Waals surface area contributed by atoms with Crippen molar-refractivity contribution in [2.45, 2.75) is 44.3 Å². The van der Waals surface area contributed by atoms with Gasteiger partial charge in [0.1, 0.15) is 0 Å². The third kappa shape index (κ3) is 5.29. The summed E-state index contributed by atoms with van der Waals surface area (Å²) < 4.78 is 0. The first-order valence-corrected chi connectivity index (χ1v) is 13.7. The second kappa shape index (κ2) is 10.7. The molecule has 2 aromatic carbocycles. The molecule has 2 atom stereocenters. The predicted molar refractivity (Wildman–Crippen MR) is 136 cm³/mol. The van der Waals surface area contributed by atoms with Gasteiger partial charge in [-0.3, -0.25) is 14.8 Å². The average molecular weight is 444 g/mol. The van der Waals surface area contributed by atoms with Crippen molar-refractivity contribution in [3.63, 3.8) is 0 Å². The zero-order valence-corrected chi connectivity index (χ0v) is 19.8. The van der Waals surface area contributed by atoms with Gasteiger partial charge in [-0.15, -0.1) is 0 Å². The first-order chi connectivity index (χ1) is 15.9. The van der Waals surface area contributed by atoms with Gasteiger partial charge >= 0.3 is 0 Å². The standard InChI is InChI=1S/C28H34N3P/c1-3-14-27(15-4-1)32(28-16-5-2-6-17-28)23-26-13-10-20-31(26)22-25-12-9-19-30(25)21-24-11-7-8-18-29-24/h1-8,11,14-18,25-26H,9-10,12-13,19-23H2. The highest BCUT2D eigenvalue weighted by atomic mass is 31.1. The Kier molecular flexibility index (Phi) is 7.28. The van der Waals surface area contributed by atoms with Crippen LogP contribution in [-0.4, -0.2) is 52.7 Å². The van der Waals surface area contributed by atoms with E-state index in [4.69, 9.17) is 0 Å². The first-order valence-electron chi connectivity index (χ1n) is 12.1. The Morgan fingerprint density at radius 1 is 0.719 bits per heavy atom. The van der Waals surface area contributed by atoms with Crippen LogP contribution in [0.1, 0.15) is 31.4 Å². The third-order valence-corrected chi connectivity index (χ3v) is 9.69. The van der Waals surface area contributed by atoms with E-state index in [-0.39, 0.29) is 7.92 Å². The van der Waals surface area contributed by atoms with E-state index < -0.39 is 0 Å². The van der Waals surface area contributed by atoms with E-state index in [1.165, 1.54) is 67.8 Å². The summed E-state index contributed by atoms with van der Waals surface area (Å²) in [7, 11) is -0.323. The summed E-state index contributed by atoms with van der Waals surface area (Å²) in [4.78, 5) is 10.1. The highest BCUT2D eigenvalue weighted by Crippen LogP contribution is 2.38. The molecule has 0 radical (unpaired) electrons. The fourth-order valence-electron chi connectivity index (χ4n) is 5.41. The van der Waals surface area contributed by atoms with Gasteiger partial charge < -0.3 is 0 Å². The van der Waals surface area contributed by atoms with E-state index in [9.17, 15) is 0 Å². The zero-order chi connectivity index (χ0) is 21.6. The Balaban J connectivity index is 1.28. The molecule has 166 valence electrons. The van der Waals surface area contributed by atoms with E-state index in [1.54, 1.807) is 0 Å². The van der Waals surface area contributed by atoms with Gasteiger partial charge in [0.15, 0.2) is 0 Å². The highest BCUT2D eigenvalue weighted by molar-refractivity contribution is 7.73. The van der Waals surface area contributed by atoms with Crippen LogP contribution in [0.2, 0.25) is 0 Å². The van der Waals surface area contributed by atoms with Gasteiger partial charge in [0.05, 0.1) is 5.69 Å². The van der Waals surface area contributed by atoms with Crippen molar-refractivity contribution in [3.05, 3.63) is 90.8 Å². The SMILES string of the molecule is c1ccc(P(CC2CCCN2CC2CCCN2Cc2ccccn2)c2ccccc2)cc1. The van der Waals surface area contributed by atoms with Gasteiger partial charge in [-0.05, 0) is 75.6 Å². The normalized spacial score (nSPS) is 22.0. The lowest BCUT2D eigenvalue weighted by Gasteiger charge is -2.33. The topological polar surface area (TPSA) is 19.4 Å². The largest absolute Gasteiger partial charge is 0.298 e. The molecule has 2 aliphatic rings. The minimum atomic E-state index is -0.323.